The van der Waals surface area contributed by atoms with Gasteiger partial charge in [0.2, 0.25) is 0 Å². The number of nitrogens with zero attached hydrogens (tertiary/aromatic N) is 3. The van der Waals surface area contributed by atoms with Crippen molar-refractivity contribution in [1.29, 1.82) is 5.26 Å². The number of fused-ring (bicyclic) bond motifs is 1. The number of nitriles is 1. The van der Waals surface area contributed by atoms with E-state index in [9.17, 15) is 9.90 Å². The fraction of sp³-hybridized carbons (Fsp3) is 0.667. The van der Waals surface area contributed by atoms with Gasteiger partial charge in [-0.25, -0.2) is 4.79 Å². The van der Waals surface area contributed by atoms with Crippen LogP contribution >= 0.6 is 0 Å². The van der Waals surface area contributed by atoms with E-state index in [1.807, 2.05) is 4.68 Å². The van der Waals surface area contributed by atoms with Crippen LogP contribution in [0.25, 0.3) is 0 Å². The highest BCUT2D eigenvalue weighted by atomic mass is 16.4. The maximum Gasteiger partial charge on any atom is 0.356 e. The van der Waals surface area contributed by atoms with Crippen molar-refractivity contribution in [1.82, 2.24) is 15.1 Å². The fourth-order valence-corrected chi connectivity index (χ4v) is 3.65. The van der Waals surface area contributed by atoms with Crippen LogP contribution in [-0.4, -0.2) is 33.9 Å². The number of carboxylic acid groups (broad SMARTS) is 1. The van der Waals surface area contributed by atoms with Crippen molar-refractivity contribution in [3.63, 3.8) is 0 Å². The van der Waals surface area contributed by atoms with Crippen LogP contribution in [0.3, 0.4) is 0 Å². The summed E-state index contributed by atoms with van der Waals surface area (Å²) in [5.41, 5.74) is 2.06. The van der Waals surface area contributed by atoms with Crippen LogP contribution in [0, 0.1) is 11.3 Å². The van der Waals surface area contributed by atoms with Crippen molar-refractivity contribution < 1.29 is 9.90 Å². The summed E-state index contributed by atoms with van der Waals surface area (Å²) in [6.45, 7) is 1.90. The Morgan fingerprint density at radius 3 is 2.86 bits per heavy atom. The number of hydrogen-bond donors (Lipinski definition) is 2. The number of rotatable bonds is 3. The molecule has 1 atom stereocenters. The predicted octanol–water partition coefficient (Wildman–Crippen LogP) is 1.84. The van der Waals surface area contributed by atoms with Gasteiger partial charge >= 0.3 is 5.97 Å². The topological polar surface area (TPSA) is 90.9 Å². The second-order valence-electron chi connectivity index (χ2n) is 5.89. The van der Waals surface area contributed by atoms with Crippen LogP contribution in [0.1, 0.15) is 65.8 Å². The highest BCUT2D eigenvalue weighted by Gasteiger charge is 2.33. The third-order valence-corrected chi connectivity index (χ3v) is 4.62. The molecule has 112 valence electrons. The van der Waals surface area contributed by atoms with Crippen LogP contribution in [0.5, 0.6) is 0 Å². The number of carbonyl (C=O) groups is 1. The van der Waals surface area contributed by atoms with Gasteiger partial charge in [-0.2, -0.15) is 10.4 Å². The molecule has 1 aromatic rings. The lowest BCUT2D eigenvalue weighted by molar-refractivity contribution is 0.0687. The second kappa shape index (κ2) is 5.86. The first-order valence-corrected chi connectivity index (χ1v) is 7.64. The minimum absolute atomic E-state index is 0.0281. The number of piperidine rings is 1. The normalized spacial score (nSPS) is 22.5. The minimum Gasteiger partial charge on any atom is -0.476 e. The van der Waals surface area contributed by atoms with Gasteiger partial charge in [-0.1, -0.05) is 0 Å². The van der Waals surface area contributed by atoms with E-state index in [0.717, 1.165) is 56.5 Å². The Hall–Kier alpha value is -1.87. The lowest BCUT2D eigenvalue weighted by atomic mass is 9.83. The zero-order valence-electron chi connectivity index (χ0n) is 12.0. The molecular weight excluding hydrogens is 268 g/mol. The van der Waals surface area contributed by atoms with E-state index in [-0.39, 0.29) is 17.7 Å². The smallest absolute Gasteiger partial charge is 0.356 e. The maximum absolute atomic E-state index is 11.5. The van der Waals surface area contributed by atoms with Crippen molar-refractivity contribution in [2.75, 3.05) is 13.1 Å². The second-order valence-corrected chi connectivity index (χ2v) is 5.89. The fourth-order valence-electron chi connectivity index (χ4n) is 3.65. The van der Waals surface area contributed by atoms with E-state index in [4.69, 9.17) is 5.26 Å². The summed E-state index contributed by atoms with van der Waals surface area (Å²) in [7, 11) is 0. The van der Waals surface area contributed by atoms with Crippen LogP contribution in [0.2, 0.25) is 0 Å². The van der Waals surface area contributed by atoms with Crippen molar-refractivity contribution >= 4 is 5.97 Å². The molecule has 0 amide bonds. The molecule has 3 rings (SSSR count). The predicted molar refractivity (Wildman–Crippen MR) is 76.2 cm³/mol. The first-order valence-electron chi connectivity index (χ1n) is 7.64. The van der Waals surface area contributed by atoms with Gasteiger partial charge in [0, 0.05) is 23.6 Å². The Bertz CT molecular complexity index is 581. The summed E-state index contributed by atoms with van der Waals surface area (Å²) in [4.78, 5) is 11.5. The van der Waals surface area contributed by atoms with Gasteiger partial charge in [0.15, 0.2) is 5.69 Å². The van der Waals surface area contributed by atoms with E-state index in [1.165, 1.54) is 0 Å². The zero-order valence-corrected chi connectivity index (χ0v) is 12.0. The van der Waals surface area contributed by atoms with Crippen molar-refractivity contribution in [3.8, 4) is 6.07 Å². The molecule has 6 heteroatoms. The monoisotopic (exact) mass is 288 g/mol. The number of hydrogen-bond acceptors (Lipinski definition) is 4. The third kappa shape index (κ3) is 2.54. The molecule has 1 unspecified atom stereocenters. The van der Waals surface area contributed by atoms with Gasteiger partial charge in [0.25, 0.3) is 0 Å². The molecule has 1 aliphatic carbocycles. The summed E-state index contributed by atoms with van der Waals surface area (Å²) in [6, 6.07) is 2.48. The molecule has 1 saturated heterocycles. The molecule has 2 aliphatic rings. The molecule has 0 saturated carbocycles. The van der Waals surface area contributed by atoms with E-state index in [2.05, 4.69) is 16.5 Å². The average Bonchev–Trinajstić information content (AvgIpc) is 2.89. The molecule has 6 nitrogen and oxygen atoms in total. The third-order valence-electron chi connectivity index (χ3n) is 4.62. The van der Waals surface area contributed by atoms with Gasteiger partial charge in [0.1, 0.15) is 0 Å². The lowest BCUT2D eigenvalue weighted by Crippen LogP contribution is -2.31. The molecule has 1 aromatic heterocycles. The largest absolute Gasteiger partial charge is 0.476 e. The molecule has 1 aliphatic heterocycles. The Kier molecular flexibility index (Phi) is 3.93. The van der Waals surface area contributed by atoms with Gasteiger partial charge in [0.05, 0.1) is 12.1 Å². The first-order chi connectivity index (χ1) is 10.2. The molecule has 2 N–H and O–H groups in total. The van der Waals surface area contributed by atoms with E-state index in [0.29, 0.717) is 6.42 Å². The molecule has 21 heavy (non-hydrogen) atoms. The van der Waals surface area contributed by atoms with Crippen molar-refractivity contribution in [2.24, 2.45) is 0 Å². The minimum atomic E-state index is -0.969. The Morgan fingerprint density at radius 2 is 2.19 bits per heavy atom. The Morgan fingerprint density at radius 1 is 1.43 bits per heavy atom. The van der Waals surface area contributed by atoms with Gasteiger partial charge < -0.3 is 10.4 Å². The summed E-state index contributed by atoms with van der Waals surface area (Å²) >= 11 is 0. The molecule has 0 aromatic carbocycles. The van der Waals surface area contributed by atoms with Gasteiger partial charge in [-0.3, -0.25) is 4.68 Å². The standard InChI is InChI=1S/C15H20N4O2/c16-7-4-10-2-1-3-12-13(10)14(15(20)21)18-19(12)11-5-8-17-9-6-11/h10-11,17H,1-6,8-9H2,(H,20,21). The van der Waals surface area contributed by atoms with Crippen LogP contribution in [-0.2, 0) is 6.42 Å². The molecule has 2 heterocycles. The zero-order chi connectivity index (χ0) is 14.8. The van der Waals surface area contributed by atoms with Crippen molar-refractivity contribution in [2.45, 2.75) is 50.5 Å². The maximum atomic E-state index is 11.5. The first kappa shape index (κ1) is 14.1. The number of aromatic carboxylic acids is 1. The summed E-state index contributed by atoms with van der Waals surface area (Å²) in [5, 5.41) is 26.2. The lowest BCUT2D eigenvalue weighted by Gasteiger charge is -2.27. The van der Waals surface area contributed by atoms with Crippen LogP contribution in [0.15, 0.2) is 0 Å². The Labute approximate surface area is 123 Å². The SMILES string of the molecule is N#CCC1CCCc2c1c(C(=O)O)nn2C1CCNCC1. The molecule has 0 spiro atoms. The molecule has 1 fully saturated rings. The van der Waals surface area contributed by atoms with Crippen LogP contribution < -0.4 is 5.32 Å². The quantitative estimate of drug-likeness (QED) is 0.885. The van der Waals surface area contributed by atoms with E-state index >= 15 is 0 Å². The van der Waals surface area contributed by atoms with E-state index in [1.54, 1.807) is 0 Å². The molecule has 0 radical (unpaired) electrons. The van der Waals surface area contributed by atoms with E-state index < -0.39 is 5.97 Å². The van der Waals surface area contributed by atoms with Gasteiger partial charge in [-0.05, 0) is 45.2 Å². The van der Waals surface area contributed by atoms with Gasteiger partial charge in [-0.15, -0.1) is 0 Å². The Balaban J connectivity index is 2.04. The number of aromatic nitrogens is 2. The number of carboxylic acids is 1. The number of nitrogens with one attached hydrogen (secondary N) is 1. The average molecular weight is 288 g/mol. The summed E-state index contributed by atoms with van der Waals surface area (Å²) in [6.07, 6.45) is 5.12. The van der Waals surface area contributed by atoms with Crippen molar-refractivity contribution in [3.05, 3.63) is 17.0 Å². The molecular formula is C15H20N4O2. The molecule has 0 bridgehead atoms. The summed E-state index contributed by atoms with van der Waals surface area (Å²) < 4.78 is 1.96. The summed E-state index contributed by atoms with van der Waals surface area (Å²) in [5.74, 6) is -0.941. The highest BCUT2D eigenvalue weighted by Crippen LogP contribution is 2.38. The highest BCUT2D eigenvalue weighted by molar-refractivity contribution is 5.87. The van der Waals surface area contributed by atoms with Crippen LogP contribution in [0.4, 0.5) is 0 Å².